The average molecular weight is 382 g/mol. The van der Waals surface area contributed by atoms with Crippen molar-refractivity contribution < 1.29 is 9.53 Å². The van der Waals surface area contributed by atoms with Crippen LogP contribution in [0.2, 0.25) is 0 Å². The Bertz CT molecular complexity index is 1140. The number of H-pyrrole nitrogens is 1. The van der Waals surface area contributed by atoms with E-state index in [4.69, 9.17) is 4.74 Å². The van der Waals surface area contributed by atoms with Crippen LogP contribution in [-0.4, -0.2) is 28.9 Å². The summed E-state index contributed by atoms with van der Waals surface area (Å²) in [6.45, 7) is 0.703. The maximum atomic E-state index is 13.2. The number of nitrogens with one attached hydrogen (secondary N) is 1. The second-order valence-electron chi connectivity index (χ2n) is 7.31. The highest BCUT2D eigenvalue weighted by molar-refractivity contribution is 5.86. The van der Waals surface area contributed by atoms with Crippen molar-refractivity contribution in [3.05, 3.63) is 102 Å². The van der Waals surface area contributed by atoms with Gasteiger partial charge in [-0.15, -0.1) is 0 Å². The molecule has 0 bridgehead atoms. The Balaban J connectivity index is 1.50. The molecule has 0 saturated carbocycles. The van der Waals surface area contributed by atoms with Crippen LogP contribution in [0.1, 0.15) is 22.9 Å². The number of ether oxygens (including phenoxy) is 1. The highest BCUT2D eigenvalue weighted by Gasteiger charge is 2.34. The van der Waals surface area contributed by atoms with Crippen LogP contribution in [0.3, 0.4) is 0 Å². The van der Waals surface area contributed by atoms with Crippen molar-refractivity contribution in [3.8, 4) is 5.75 Å². The minimum Gasteiger partial charge on any atom is -0.484 e. The summed E-state index contributed by atoms with van der Waals surface area (Å²) in [6.07, 6.45) is 0.833. The van der Waals surface area contributed by atoms with E-state index in [9.17, 15) is 4.79 Å². The number of rotatable bonds is 4. The first-order valence-corrected chi connectivity index (χ1v) is 9.93. The maximum absolute atomic E-state index is 13.2. The molecule has 0 radical (unpaired) electrons. The summed E-state index contributed by atoms with van der Waals surface area (Å²) in [5, 5.41) is 1.25. The van der Waals surface area contributed by atoms with Gasteiger partial charge in [-0.05, 0) is 35.7 Å². The molecule has 5 rings (SSSR count). The summed E-state index contributed by atoms with van der Waals surface area (Å²) < 4.78 is 5.75. The standard InChI is InChI=1S/C25H22N2O2/c28-23(17-29-19-11-5-2-6-12-19)27-16-15-21-20-13-7-8-14-22(20)26-24(21)25(27)18-9-3-1-4-10-18/h1-14,25-26H,15-17H2/t25-/m0/s1. The van der Waals surface area contributed by atoms with Gasteiger partial charge in [0.25, 0.3) is 5.91 Å². The largest absolute Gasteiger partial charge is 0.484 e. The molecule has 4 heteroatoms. The van der Waals surface area contributed by atoms with Crippen LogP contribution in [0.4, 0.5) is 0 Å². The number of amides is 1. The topological polar surface area (TPSA) is 45.3 Å². The number of aromatic amines is 1. The Morgan fingerprint density at radius 3 is 2.41 bits per heavy atom. The third-order valence-electron chi connectivity index (χ3n) is 5.58. The van der Waals surface area contributed by atoms with Crippen molar-refractivity contribution in [2.45, 2.75) is 12.5 Å². The first-order chi connectivity index (χ1) is 14.3. The molecule has 0 spiro atoms. The lowest BCUT2D eigenvalue weighted by Gasteiger charge is -2.36. The lowest BCUT2D eigenvalue weighted by Crippen LogP contribution is -2.42. The highest BCUT2D eigenvalue weighted by atomic mass is 16.5. The van der Waals surface area contributed by atoms with Gasteiger partial charge in [0.05, 0.1) is 6.04 Å². The molecule has 1 amide bonds. The van der Waals surface area contributed by atoms with Gasteiger partial charge < -0.3 is 14.6 Å². The molecule has 1 aromatic heterocycles. The van der Waals surface area contributed by atoms with Gasteiger partial charge in [-0.3, -0.25) is 4.79 Å². The number of carbonyl (C=O) groups excluding carboxylic acids is 1. The summed E-state index contributed by atoms with van der Waals surface area (Å²) in [5.41, 5.74) is 4.64. The molecular formula is C25H22N2O2. The third-order valence-corrected chi connectivity index (χ3v) is 5.58. The lowest BCUT2D eigenvalue weighted by molar-refractivity contribution is -0.135. The predicted molar refractivity (Wildman–Crippen MR) is 114 cm³/mol. The van der Waals surface area contributed by atoms with E-state index in [-0.39, 0.29) is 18.6 Å². The Morgan fingerprint density at radius 2 is 1.62 bits per heavy atom. The Hall–Kier alpha value is -3.53. The molecule has 1 aliphatic rings. The molecule has 29 heavy (non-hydrogen) atoms. The van der Waals surface area contributed by atoms with E-state index in [1.165, 1.54) is 10.9 Å². The van der Waals surface area contributed by atoms with Gasteiger partial charge in [0.2, 0.25) is 0 Å². The Kier molecular flexibility index (Phi) is 4.53. The zero-order valence-corrected chi connectivity index (χ0v) is 16.0. The third kappa shape index (κ3) is 3.27. The van der Waals surface area contributed by atoms with E-state index in [2.05, 4.69) is 35.3 Å². The van der Waals surface area contributed by atoms with Gasteiger partial charge in [0, 0.05) is 23.1 Å². The van der Waals surface area contributed by atoms with E-state index in [1.54, 1.807) is 0 Å². The minimum atomic E-state index is -0.140. The van der Waals surface area contributed by atoms with Crippen molar-refractivity contribution in [1.82, 2.24) is 9.88 Å². The highest BCUT2D eigenvalue weighted by Crippen LogP contribution is 2.38. The van der Waals surface area contributed by atoms with Crippen molar-refractivity contribution in [3.63, 3.8) is 0 Å². The van der Waals surface area contributed by atoms with E-state index in [0.29, 0.717) is 12.3 Å². The van der Waals surface area contributed by atoms with Gasteiger partial charge >= 0.3 is 0 Å². The van der Waals surface area contributed by atoms with Crippen LogP contribution in [-0.2, 0) is 11.2 Å². The molecule has 1 atom stereocenters. The van der Waals surface area contributed by atoms with Crippen molar-refractivity contribution >= 4 is 16.8 Å². The van der Waals surface area contributed by atoms with Gasteiger partial charge in [0.15, 0.2) is 6.61 Å². The first kappa shape index (κ1) is 17.6. The van der Waals surface area contributed by atoms with Crippen LogP contribution in [0.25, 0.3) is 10.9 Å². The van der Waals surface area contributed by atoms with Gasteiger partial charge in [-0.2, -0.15) is 0 Å². The number of hydrogen-bond donors (Lipinski definition) is 1. The van der Waals surface area contributed by atoms with Gasteiger partial charge in [0.1, 0.15) is 5.75 Å². The SMILES string of the molecule is O=C(COc1ccccc1)N1CCc2c([nH]c3ccccc23)[C@@H]1c1ccccc1. The second kappa shape index (κ2) is 7.47. The Morgan fingerprint density at radius 1 is 0.931 bits per heavy atom. The zero-order valence-electron chi connectivity index (χ0n) is 16.0. The molecule has 3 aromatic carbocycles. The van der Waals surface area contributed by atoms with Crippen molar-refractivity contribution in [2.24, 2.45) is 0 Å². The van der Waals surface area contributed by atoms with Crippen LogP contribution in [0.15, 0.2) is 84.9 Å². The van der Waals surface area contributed by atoms with Crippen molar-refractivity contribution in [2.75, 3.05) is 13.2 Å². The van der Waals surface area contributed by atoms with E-state index in [0.717, 1.165) is 23.2 Å². The Labute approximate surface area is 169 Å². The molecular weight excluding hydrogens is 360 g/mol. The van der Waals surface area contributed by atoms with Crippen LogP contribution in [0, 0.1) is 0 Å². The lowest BCUT2D eigenvalue weighted by atomic mass is 9.92. The normalized spacial score (nSPS) is 15.9. The van der Waals surface area contributed by atoms with Crippen LogP contribution >= 0.6 is 0 Å². The fourth-order valence-electron chi connectivity index (χ4n) is 4.24. The van der Waals surface area contributed by atoms with Crippen LogP contribution in [0.5, 0.6) is 5.75 Å². The molecule has 0 saturated heterocycles. The number of hydrogen-bond acceptors (Lipinski definition) is 2. The molecule has 144 valence electrons. The molecule has 1 N–H and O–H groups in total. The molecule has 4 nitrogen and oxygen atoms in total. The first-order valence-electron chi connectivity index (χ1n) is 9.93. The smallest absolute Gasteiger partial charge is 0.261 e. The van der Waals surface area contributed by atoms with E-state index < -0.39 is 0 Å². The number of aromatic nitrogens is 1. The number of benzene rings is 3. The molecule has 0 fully saturated rings. The monoisotopic (exact) mass is 382 g/mol. The van der Waals surface area contributed by atoms with Gasteiger partial charge in [-0.1, -0.05) is 66.7 Å². The predicted octanol–water partition coefficient (Wildman–Crippen LogP) is 4.72. The van der Waals surface area contributed by atoms with Crippen molar-refractivity contribution in [1.29, 1.82) is 0 Å². The summed E-state index contributed by atoms with van der Waals surface area (Å²) in [6, 6.07) is 27.9. The molecule has 2 heterocycles. The average Bonchev–Trinajstić information content (AvgIpc) is 3.17. The molecule has 0 aliphatic carbocycles. The summed E-state index contributed by atoms with van der Waals surface area (Å²) >= 11 is 0. The minimum absolute atomic E-state index is 0.00740. The second-order valence-corrected chi connectivity index (χ2v) is 7.31. The fourth-order valence-corrected chi connectivity index (χ4v) is 4.24. The van der Waals surface area contributed by atoms with Gasteiger partial charge in [-0.25, -0.2) is 0 Å². The quantitative estimate of drug-likeness (QED) is 0.555. The number of nitrogens with zero attached hydrogens (tertiary/aromatic N) is 1. The fraction of sp³-hybridized carbons (Fsp3) is 0.160. The maximum Gasteiger partial charge on any atom is 0.261 e. The molecule has 0 unspecified atom stereocenters. The molecule has 4 aromatic rings. The zero-order chi connectivity index (χ0) is 19.6. The summed E-state index contributed by atoms with van der Waals surface area (Å²) in [4.78, 5) is 18.7. The summed E-state index contributed by atoms with van der Waals surface area (Å²) in [7, 11) is 0. The summed E-state index contributed by atoms with van der Waals surface area (Å²) in [5.74, 6) is 0.701. The van der Waals surface area contributed by atoms with E-state index in [1.807, 2.05) is 59.5 Å². The van der Waals surface area contributed by atoms with Crippen LogP contribution < -0.4 is 4.74 Å². The van der Waals surface area contributed by atoms with E-state index >= 15 is 0 Å². The number of carbonyl (C=O) groups is 1. The number of fused-ring (bicyclic) bond motifs is 3. The number of para-hydroxylation sites is 2. The molecule has 1 aliphatic heterocycles.